The number of aromatic nitrogens is 1. The minimum atomic E-state index is -0.475. The number of nitrogens with zero attached hydrogens (tertiary/aromatic N) is 2. The van der Waals surface area contributed by atoms with E-state index >= 15 is 0 Å². The first-order valence-electron chi connectivity index (χ1n) is 6.95. The fraction of sp³-hybridized carbons (Fsp3) is 0.571. The molecule has 1 unspecified atom stereocenters. The average molecular weight is 262 g/mol. The molecule has 0 aliphatic carbocycles. The number of nitrogens with two attached hydrogens (primary N) is 1. The van der Waals surface area contributed by atoms with Gasteiger partial charge >= 0.3 is 0 Å². The molecule has 1 saturated heterocycles. The zero-order chi connectivity index (χ0) is 13.7. The van der Waals surface area contributed by atoms with Gasteiger partial charge in [-0.25, -0.2) is 0 Å². The molecule has 5 nitrogen and oxygen atoms in total. The van der Waals surface area contributed by atoms with Gasteiger partial charge in [0, 0.05) is 31.0 Å². The molecule has 1 aromatic rings. The number of rotatable bonds is 6. The fourth-order valence-electron chi connectivity index (χ4n) is 2.53. The van der Waals surface area contributed by atoms with Crippen LogP contribution in [0.3, 0.4) is 0 Å². The second kappa shape index (κ2) is 6.52. The molecule has 0 radical (unpaired) electrons. The molecule has 1 atom stereocenters. The summed E-state index contributed by atoms with van der Waals surface area (Å²) in [4.78, 5) is 17.5. The second-order valence-electron chi connectivity index (χ2n) is 5.00. The first-order chi connectivity index (χ1) is 9.20. The van der Waals surface area contributed by atoms with Crippen LogP contribution in [0, 0.1) is 0 Å². The normalized spacial score (nSPS) is 18.5. The van der Waals surface area contributed by atoms with Gasteiger partial charge in [-0.05, 0) is 37.9 Å². The van der Waals surface area contributed by atoms with Crippen LogP contribution < -0.4 is 16.0 Å². The minimum absolute atomic E-state index is 0.331. The Morgan fingerprint density at radius 3 is 3.11 bits per heavy atom. The summed E-state index contributed by atoms with van der Waals surface area (Å²) in [6, 6.07) is 4.26. The number of hydrogen-bond donors (Lipinski definition) is 2. The summed E-state index contributed by atoms with van der Waals surface area (Å²) in [7, 11) is 0. The highest BCUT2D eigenvalue weighted by molar-refractivity contribution is 5.91. The Kier molecular flexibility index (Phi) is 4.74. The standard InChI is InChI=1S/C14H22N4O/c1-2-8-18(10-11-4-3-6-16-11)12-5-7-17-13(9-12)14(15)19/h5,7,9,11,16H,2-4,6,8,10H2,1H3,(H2,15,19). The van der Waals surface area contributed by atoms with E-state index in [1.54, 1.807) is 12.3 Å². The van der Waals surface area contributed by atoms with Crippen molar-refractivity contribution in [2.45, 2.75) is 32.2 Å². The lowest BCUT2D eigenvalue weighted by atomic mass is 10.2. The van der Waals surface area contributed by atoms with Gasteiger partial charge in [0.15, 0.2) is 0 Å². The summed E-state index contributed by atoms with van der Waals surface area (Å²) in [5.74, 6) is -0.475. The third kappa shape index (κ3) is 3.67. The summed E-state index contributed by atoms with van der Waals surface area (Å²) < 4.78 is 0. The van der Waals surface area contributed by atoms with E-state index in [-0.39, 0.29) is 0 Å². The van der Waals surface area contributed by atoms with Crippen LogP contribution in [-0.2, 0) is 0 Å². The Bertz CT molecular complexity index is 429. The van der Waals surface area contributed by atoms with Gasteiger partial charge < -0.3 is 16.0 Å². The summed E-state index contributed by atoms with van der Waals surface area (Å²) in [5, 5.41) is 3.50. The fourth-order valence-corrected chi connectivity index (χ4v) is 2.53. The number of amides is 1. The van der Waals surface area contributed by atoms with Gasteiger partial charge in [-0.15, -0.1) is 0 Å². The van der Waals surface area contributed by atoms with Gasteiger partial charge in [0.1, 0.15) is 5.69 Å². The summed E-state index contributed by atoms with van der Waals surface area (Å²) >= 11 is 0. The van der Waals surface area contributed by atoms with Crippen LogP contribution in [0.4, 0.5) is 5.69 Å². The predicted molar refractivity (Wildman–Crippen MR) is 76.3 cm³/mol. The van der Waals surface area contributed by atoms with Crippen molar-refractivity contribution >= 4 is 11.6 Å². The van der Waals surface area contributed by atoms with Crippen molar-refractivity contribution in [1.29, 1.82) is 0 Å². The van der Waals surface area contributed by atoms with Crippen LogP contribution >= 0.6 is 0 Å². The van der Waals surface area contributed by atoms with Crippen molar-refractivity contribution in [2.24, 2.45) is 5.73 Å². The van der Waals surface area contributed by atoms with E-state index in [1.807, 2.05) is 6.07 Å². The van der Waals surface area contributed by atoms with Crippen LogP contribution in [0.1, 0.15) is 36.7 Å². The molecule has 5 heteroatoms. The molecule has 1 aromatic heterocycles. The lowest BCUT2D eigenvalue weighted by molar-refractivity contribution is 0.0995. The van der Waals surface area contributed by atoms with Gasteiger partial charge in [-0.3, -0.25) is 9.78 Å². The lowest BCUT2D eigenvalue weighted by Crippen LogP contribution is -2.38. The smallest absolute Gasteiger partial charge is 0.267 e. The van der Waals surface area contributed by atoms with E-state index < -0.39 is 5.91 Å². The highest BCUT2D eigenvalue weighted by Gasteiger charge is 2.18. The van der Waals surface area contributed by atoms with Crippen LogP contribution in [0.25, 0.3) is 0 Å². The van der Waals surface area contributed by atoms with E-state index in [0.29, 0.717) is 11.7 Å². The highest BCUT2D eigenvalue weighted by atomic mass is 16.1. The van der Waals surface area contributed by atoms with Gasteiger partial charge in [0.05, 0.1) is 0 Å². The van der Waals surface area contributed by atoms with Crippen LogP contribution in [-0.4, -0.2) is 36.6 Å². The number of pyridine rings is 1. The van der Waals surface area contributed by atoms with Crippen molar-refractivity contribution in [2.75, 3.05) is 24.5 Å². The molecule has 0 bridgehead atoms. The Morgan fingerprint density at radius 2 is 2.47 bits per heavy atom. The zero-order valence-corrected chi connectivity index (χ0v) is 11.4. The Morgan fingerprint density at radius 1 is 1.63 bits per heavy atom. The number of anilines is 1. The van der Waals surface area contributed by atoms with Crippen molar-refractivity contribution in [3.05, 3.63) is 24.0 Å². The monoisotopic (exact) mass is 262 g/mol. The maximum Gasteiger partial charge on any atom is 0.267 e. The molecule has 104 valence electrons. The lowest BCUT2D eigenvalue weighted by Gasteiger charge is -2.27. The number of nitrogens with one attached hydrogen (secondary N) is 1. The van der Waals surface area contributed by atoms with E-state index in [1.165, 1.54) is 12.8 Å². The van der Waals surface area contributed by atoms with Crippen molar-refractivity contribution in [1.82, 2.24) is 10.3 Å². The van der Waals surface area contributed by atoms with Gasteiger partial charge in [0.25, 0.3) is 5.91 Å². The van der Waals surface area contributed by atoms with Crippen LogP contribution in [0.5, 0.6) is 0 Å². The third-order valence-corrected chi connectivity index (χ3v) is 3.46. The van der Waals surface area contributed by atoms with Crippen molar-refractivity contribution in [3.8, 4) is 0 Å². The zero-order valence-electron chi connectivity index (χ0n) is 11.4. The van der Waals surface area contributed by atoms with Gasteiger partial charge in [-0.2, -0.15) is 0 Å². The molecule has 3 N–H and O–H groups in total. The summed E-state index contributed by atoms with van der Waals surface area (Å²) in [6.07, 6.45) is 5.18. The first kappa shape index (κ1) is 13.8. The quantitative estimate of drug-likeness (QED) is 0.806. The molecule has 2 rings (SSSR count). The Labute approximate surface area is 114 Å². The van der Waals surface area contributed by atoms with Crippen LogP contribution in [0.15, 0.2) is 18.3 Å². The SMILES string of the molecule is CCCN(CC1CCCN1)c1ccnc(C(N)=O)c1. The third-order valence-electron chi connectivity index (χ3n) is 3.46. The van der Waals surface area contributed by atoms with Crippen molar-refractivity contribution in [3.63, 3.8) is 0 Å². The summed E-state index contributed by atoms with van der Waals surface area (Å²) in [6.45, 7) is 5.20. The molecule has 1 aliphatic heterocycles. The molecule has 2 heterocycles. The number of hydrogen-bond acceptors (Lipinski definition) is 4. The first-order valence-corrected chi connectivity index (χ1v) is 6.95. The molecule has 1 aliphatic rings. The highest BCUT2D eigenvalue weighted by Crippen LogP contribution is 2.17. The molecule has 0 spiro atoms. The van der Waals surface area contributed by atoms with Gasteiger partial charge in [-0.1, -0.05) is 6.92 Å². The van der Waals surface area contributed by atoms with Crippen molar-refractivity contribution < 1.29 is 4.79 Å². The van der Waals surface area contributed by atoms with Gasteiger partial charge in [0.2, 0.25) is 0 Å². The molecule has 1 fully saturated rings. The molecular weight excluding hydrogens is 240 g/mol. The molecular formula is C14H22N4O. The maximum atomic E-state index is 11.2. The van der Waals surface area contributed by atoms with E-state index in [0.717, 1.165) is 31.7 Å². The Hall–Kier alpha value is -1.62. The second-order valence-corrected chi connectivity index (χ2v) is 5.00. The number of primary amides is 1. The number of carbonyl (C=O) groups is 1. The maximum absolute atomic E-state index is 11.2. The number of carbonyl (C=O) groups excluding carboxylic acids is 1. The van der Waals surface area contributed by atoms with E-state index in [2.05, 4.69) is 22.1 Å². The summed E-state index contributed by atoms with van der Waals surface area (Å²) in [5.41, 5.74) is 6.65. The Balaban J connectivity index is 2.12. The molecule has 0 aromatic carbocycles. The average Bonchev–Trinajstić information content (AvgIpc) is 2.91. The molecule has 1 amide bonds. The molecule has 19 heavy (non-hydrogen) atoms. The van der Waals surface area contributed by atoms with Crippen LogP contribution in [0.2, 0.25) is 0 Å². The van der Waals surface area contributed by atoms with E-state index in [9.17, 15) is 4.79 Å². The van der Waals surface area contributed by atoms with E-state index in [4.69, 9.17) is 5.73 Å². The molecule has 0 saturated carbocycles. The minimum Gasteiger partial charge on any atom is -0.370 e. The topological polar surface area (TPSA) is 71.2 Å². The largest absolute Gasteiger partial charge is 0.370 e. The predicted octanol–water partition coefficient (Wildman–Crippen LogP) is 1.15.